The van der Waals surface area contributed by atoms with Gasteiger partial charge in [-0.25, -0.2) is 8.60 Å². The van der Waals surface area contributed by atoms with Crippen molar-refractivity contribution < 1.29 is 21.8 Å². The molecule has 2 atom stereocenters. The highest BCUT2D eigenvalue weighted by Gasteiger charge is 2.22. The zero-order valence-electron chi connectivity index (χ0n) is 15.9. The van der Waals surface area contributed by atoms with Crippen LogP contribution in [-0.4, -0.2) is 19.7 Å². The Morgan fingerprint density at radius 3 is 2.45 bits per heavy atom. The van der Waals surface area contributed by atoms with Crippen LogP contribution in [0.1, 0.15) is 38.1 Å². The van der Waals surface area contributed by atoms with Crippen molar-refractivity contribution in [1.29, 1.82) is 0 Å². The minimum absolute atomic E-state index is 0.0825. The number of halogens is 3. The molecule has 0 aliphatic carbocycles. The Hall–Kier alpha value is -2.68. The van der Waals surface area contributed by atoms with Gasteiger partial charge in [0.1, 0.15) is 16.8 Å². The molecule has 0 bridgehead atoms. The zero-order valence-corrected chi connectivity index (χ0v) is 16.7. The highest BCUT2D eigenvalue weighted by Crippen LogP contribution is 2.27. The largest absolute Gasteiger partial charge is 0.415 e. The monoisotopic (exact) mass is 423 g/mol. The minimum Gasteiger partial charge on any atom is -0.415 e. The number of benzene rings is 2. The van der Waals surface area contributed by atoms with Gasteiger partial charge in [0, 0.05) is 16.8 Å². The molecule has 0 N–H and O–H groups in total. The maximum Gasteiger partial charge on any atom is 0.314 e. The van der Waals surface area contributed by atoms with Crippen LogP contribution in [0.25, 0.3) is 11.5 Å². The summed E-state index contributed by atoms with van der Waals surface area (Å²) in [6.45, 7) is 3.90. The lowest BCUT2D eigenvalue weighted by Crippen LogP contribution is -2.31. The van der Waals surface area contributed by atoms with Crippen molar-refractivity contribution >= 4 is 16.7 Å². The second-order valence-corrected chi connectivity index (χ2v) is 8.22. The van der Waals surface area contributed by atoms with Crippen molar-refractivity contribution in [2.24, 2.45) is 0 Å². The number of alkyl halides is 2. The van der Waals surface area contributed by atoms with Gasteiger partial charge in [-0.1, -0.05) is 31.2 Å². The van der Waals surface area contributed by atoms with Crippen molar-refractivity contribution in [3.63, 3.8) is 0 Å². The van der Waals surface area contributed by atoms with E-state index in [1.807, 2.05) is 44.2 Å². The third kappa shape index (κ3) is 4.84. The van der Waals surface area contributed by atoms with E-state index < -0.39 is 29.1 Å². The molecule has 0 fully saturated rings. The standard InChI is InChI=1S/C20H20F3N3O2S/c1-3-13(2)29(27)26(16-7-5-4-6-8-16)12-15-10-9-14(11-17(15)21)19-24-25-20(28-19)18(22)23/h4-11,13,18H,3,12H2,1-2H3. The number of para-hydroxylation sites is 1. The lowest BCUT2D eigenvalue weighted by molar-refractivity contribution is 0.116. The van der Waals surface area contributed by atoms with Crippen LogP contribution in [0.3, 0.4) is 0 Å². The van der Waals surface area contributed by atoms with Crippen molar-refractivity contribution in [2.45, 2.75) is 38.5 Å². The van der Waals surface area contributed by atoms with Crippen LogP contribution in [0.15, 0.2) is 52.9 Å². The Morgan fingerprint density at radius 1 is 1.14 bits per heavy atom. The molecule has 0 spiro atoms. The van der Waals surface area contributed by atoms with Gasteiger partial charge in [-0.3, -0.25) is 4.31 Å². The number of aromatic nitrogens is 2. The molecule has 0 radical (unpaired) electrons. The first-order valence-corrected chi connectivity index (χ1v) is 10.2. The van der Waals surface area contributed by atoms with E-state index in [2.05, 4.69) is 10.2 Å². The van der Waals surface area contributed by atoms with Crippen molar-refractivity contribution in [2.75, 3.05) is 4.31 Å². The Morgan fingerprint density at radius 2 is 1.86 bits per heavy atom. The molecule has 0 aliphatic rings. The summed E-state index contributed by atoms with van der Waals surface area (Å²) in [4.78, 5) is 0. The van der Waals surface area contributed by atoms with Gasteiger partial charge < -0.3 is 4.42 Å². The molecule has 2 aromatic carbocycles. The summed E-state index contributed by atoms with van der Waals surface area (Å²) >= 11 is 0. The minimum atomic E-state index is -2.89. The predicted octanol–water partition coefficient (Wildman–Crippen LogP) is 5.28. The summed E-state index contributed by atoms with van der Waals surface area (Å²) < 4.78 is 59.4. The van der Waals surface area contributed by atoms with Crippen LogP contribution in [0.2, 0.25) is 0 Å². The molecule has 0 saturated carbocycles. The molecule has 0 amide bonds. The van der Waals surface area contributed by atoms with Gasteiger partial charge in [-0.05, 0) is 37.6 Å². The van der Waals surface area contributed by atoms with Crippen molar-refractivity contribution in [3.05, 3.63) is 65.8 Å². The highest BCUT2D eigenvalue weighted by molar-refractivity contribution is 7.87. The Bertz CT molecular complexity index is 982. The second kappa shape index (κ2) is 9.21. The SMILES string of the molecule is CCC(C)S(=O)N(Cc1ccc(-c2nnc(C(F)F)o2)cc1F)c1ccccc1. The van der Waals surface area contributed by atoms with Gasteiger partial charge in [-0.15, -0.1) is 10.2 Å². The topological polar surface area (TPSA) is 59.2 Å². The Balaban J connectivity index is 1.89. The Kier molecular flexibility index (Phi) is 6.68. The summed E-state index contributed by atoms with van der Waals surface area (Å²) in [5.41, 5.74) is 1.22. The summed E-state index contributed by atoms with van der Waals surface area (Å²) in [5.74, 6) is -1.58. The lowest BCUT2D eigenvalue weighted by Gasteiger charge is -2.26. The fourth-order valence-corrected chi connectivity index (χ4v) is 3.93. The number of hydrogen-bond donors (Lipinski definition) is 0. The van der Waals surface area contributed by atoms with Gasteiger partial charge in [0.2, 0.25) is 5.89 Å². The average molecular weight is 423 g/mol. The molecule has 0 aliphatic heterocycles. The molecule has 9 heteroatoms. The molecule has 2 unspecified atom stereocenters. The van der Waals surface area contributed by atoms with Crippen molar-refractivity contribution in [3.8, 4) is 11.5 Å². The maximum atomic E-state index is 14.8. The van der Waals surface area contributed by atoms with E-state index in [-0.39, 0.29) is 23.2 Å². The van der Waals surface area contributed by atoms with Crippen LogP contribution < -0.4 is 4.31 Å². The van der Waals surface area contributed by atoms with E-state index in [4.69, 9.17) is 4.42 Å². The van der Waals surface area contributed by atoms with E-state index in [1.165, 1.54) is 12.1 Å². The first-order valence-electron chi connectivity index (χ1n) is 9.04. The smallest absolute Gasteiger partial charge is 0.314 e. The average Bonchev–Trinajstić information content (AvgIpc) is 3.23. The third-order valence-electron chi connectivity index (χ3n) is 4.42. The summed E-state index contributed by atoms with van der Waals surface area (Å²) in [7, 11) is -1.36. The van der Waals surface area contributed by atoms with Crippen LogP contribution >= 0.6 is 0 Å². The fourth-order valence-electron chi connectivity index (χ4n) is 2.62. The van der Waals surface area contributed by atoms with E-state index in [0.29, 0.717) is 17.7 Å². The van der Waals surface area contributed by atoms with Gasteiger partial charge in [-0.2, -0.15) is 8.78 Å². The zero-order chi connectivity index (χ0) is 21.0. The number of hydrogen-bond acceptors (Lipinski definition) is 4. The van der Waals surface area contributed by atoms with Crippen LogP contribution in [0.5, 0.6) is 0 Å². The molecular formula is C20H20F3N3O2S. The van der Waals surface area contributed by atoms with Gasteiger partial charge >= 0.3 is 6.43 Å². The predicted molar refractivity (Wildman–Crippen MR) is 105 cm³/mol. The van der Waals surface area contributed by atoms with Gasteiger partial charge in [0.05, 0.1) is 11.8 Å². The normalized spacial score (nSPS) is 13.4. The van der Waals surface area contributed by atoms with E-state index in [9.17, 15) is 17.4 Å². The molecule has 0 saturated heterocycles. The summed E-state index contributed by atoms with van der Waals surface area (Å²) in [6, 6.07) is 13.3. The van der Waals surface area contributed by atoms with E-state index in [1.54, 1.807) is 4.31 Å². The summed E-state index contributed by atoms with van der Waals surface area (Å²) in [6.07, 6.45) is -2.18. The third-order valence-corrected chi connectivity index (χ3v) is 6.22. The molecule has 3 aromatic rings. The molecule has 154 valence electrons. The quantitative estimate of drug-likeness (QED) is 0.494. The first kappa shape index (κ1) is 21.0. The van der Waals surface area contributed by atoms with Gasteiger partial charge in [0.25, 0.3) is 5.89 Å². The van der Waals surface area contributed by atoms with Crippen LogP contribution in [-0.2, 0) is 17.5 Å². The number of rotatable bonds is 8. The molecule has 5 nitrogen and oxygen atoms in total. The maximum absolute atomic E-state index is 14.8. The Labute approximate surface area is 169 Å². The molecule has 1 heterocycles. The summed E-state index contributed by atoms with van der Waals surface area (Å²) in [5, 5.41) is 6.67. The van der Waals surface area contributed by atoms with E-state index >= 15 is 0 Å². The van der Waals surface area contributed by atoms with Gasteiger partial charge in [0.15, 0.2) is 0 Å². The number of anilines is 1. The second-order valence-electron chi connectivity index (χ2n) is 6.42. The molecular weight excluding hydrogens is 403 g/mol. The van der Waals surface area contributed by atoms with E-state index in [0.717, 1.165) is 6.07 Å². The molecule has 29 heavy (non-hydrogen) atoms. The van der Waals surface area contributed by atoms with Crippen LogP contribution in [0.4, 0.5) is 18.9 Å². The number of nitrogens with zero attached hydrogens (tertiary/aromatic N) is 3. The molecule has 3 rings (SSSR count). The van der Waals surface area contributed by atoms with Crippen molar-refractivity contribution in [1.82, 2.24) is 10.2 Å². The molecule has 1 aromatic heterocycles. The fraction of sp³-hybridized carbons (Fsp3) is 0.300. The highest BCUT2D eigenvalue weighted by atomic mass is 32.2. The lowest BCUT2D eigenvalue weighted by atomic mass is 10.1. The first-order chi connectivity index (χ1) is 13.9. The van der Waals surface area contributed by atoms with Crippen LogP contribution in [0, 0.1) is 5.82 Å².